The van der Waals surface area contributed by atoms with Crippen LogP contribution in [-0.2, 0) is 5.41 Å². The first-order valence-electron chi connectivity index (χ1n) is 49.0. The minimum atomic E-state index is -0.0855. The van der Waals surface area contributed by atoms with Gasteiger partial charge in [0.05, 0.1) is 38.8 Å². The van der Waals surface area contributed by atoms with Crippen LogP contribution in [0.1, 0.15) is 25.0 Å². The van der Waals surface area contributed by atoms with E-state index >= 15 is 0 Å². The Kier molecular flexibility index (Phi) is 21.4. The van der Waals surface area contributed by atoms with Crippen molar-refractivity contribution in [3.8, 4) is 72.7 Å². The average Bonchev–Trinajstić information content (AvgIpc) is 1.58. The summed E-state index contributed by atoms with van der Waals surface area (Å²) in [6.45, 7) is 4.70. The number of nitrogens with zero attached hydrogens (tertiary/aromatic N) is 6. The molecule has 0 aliphatic heterocycles. The number of fused-ring (bicyclic) bond motifs is 18. The monoisotopic (exact) mass is 1850 g/mol. The summed E-state index contributed by atoms with van der Waals surface area (Å²) in [6, 6.07) is 192. The Labute approximate surface area is 833 Å². The Morgan fingerprint density at radius 2 is 0.566 bits per heavy atom. The molecule has 0 atom stereocenters. The molecule has 0 unspecified atom stereocenters. The second-order valence-electron chi connectivity index (χ2n) is 37.4. The third-order valence-corrected chi connectivity index (χ3v) is 30.0. The van der Waals surface area contributed by atoms with Crippen LogP contribution in [0.2, 0.25) is 0 Å². The number of furan rings is 1. The van der Waals surface area contributed by atoms with Crippen LogP contribution in [0.15, 0.2) is 538 Å². The van der Waals surface area contributed by atoms with Gasteiger partial charge in [-0.2, -0.15) is 0 Å². The van der Waals surface area contributed by atoms with Gasteiger partial charge in [-0.3, -0.25) is 0 Å². The van der Waals surface area contributed by atoms with Gasteiger partial charge in [0.25, 0.3) is 0 Å². The molecule has 1 aliphatic carbocycles. The molecular weight excluding hydrogens is 1750 g/mol. The van der Waals surface area contributed by atoms with Crippen LogP contribution in [-0.4, -0.2) is 13.7 Å². The Morgan fingerprint density at radius 3 is 1.17 bits per heavy atom. The molecule has 22 aromatic carbocycles. The summed E-state index contributed by atoms with van der Waals surface area (Å²) >= 11 is 1.88. The van der Waals surface area contributed by atoms with Gasteiger partial charge in [0.15, 0.2) is 0 Å². The van der Waals surface area contributed by atoms with E-state index in [1.807, 2.05) is 23.5 Å². The maximum Gasteiger partial charge on any atom is 0.137 e. The SMILES string of the molecule is CC1(C)c2ccccc2-c2ccc(N(c3ccc(-c4ccccc4)cc3)c3ccc4c(c3)c3ccccc3n4-c3ccccc3)cc21.c1ccc(-c2ccc(N(c3ccc(-c4ccc5c(c4)c4ccccc4n5-c4ccccc4)cc3)c3ccc4c(c3)oc3ccccc34)cc2)cc1.c1ccc(N(c2ccc(-c3cccc4c3sc3ccccc34)cc2)c2cccc3c2c2ccccc2n3-c2ccccc2)cc1. The molecule has 0 N–H and O–H groups in total. The van der Waals surface area contributed by atoms with Crippen LogP contribution in [0.3, 0.4) is 0 Å². The Bertz CT molecular complexity index is 9460. The van der Waals surface area contributed by atoms with Crippen LogP contribution >= 0.6 is 11.3 Å². The van der Waals surface area contributed by atoms with Gasteiger partial charge >= 0.3 is 0 Å². The highest BCUT2D eigenvalue weighted by molar-refractivity contribution is 7.26. The number of hydrogen-bond acceptors (Lipinski definition) is 5. The minimum absolute atomic E-state index is 0.0855. The number of benzene rings is 22. The first-order chi connectivity index (χ1) is 70.7. The summed E-state index contributed by atoms with van der Waals surface area (Å²) in [5.41, 5.74) is 37.5. The molecular formula is C135H94N6OS. The Hall–Kier alpha value is -18.3. The van der Waals surface area contributed by atoms with E-state index in [0.717, 1.165) is 78.8 Å². The number of aromatic nitrogens is 3. The molecule has 0 fully saturated rings. The van der Waals surface area contributed by atoms with Gasteiger partial charge in [-0.05, 0) is 261 Å². The van der Waals surface area contributed by atoms with E-state index in [4.69, 9.17) is 4.42 Å². The highest BCUT2D eigenvalue weighted by Gasteiger charge is 2.36. The summed E-state index contributed by atoms with van der Waals surface area (Å²) in [4.78, 5) is 7.12. The molecule has 143 heavy (non-hydrogen) atoms. The number of hydrogen-bond donors (Lipinski definition) is 0. The van der Waals surface area contributed by atoms with Crippen LogP contribution in [0.4, 0.5) is 51.2 Å². The van der Waals surface area contributed by atoms with Gasteiger partial charge in [0.1, 0.15) is 11.2 Å². The third-order valence-electron chi connectivity index (χ3n) is 28.8. The second kappa shape index (κ2) is 35.9. The van der Waals surface area contributed by atoms with Gasteiger partial charge in [0.2, 0.25) is 0 Å². The molecule has 0 radical (unpaired) electrons. The number of anilines is 9. The summed E-state index contributed by atoms with van der Waals surface area (Å²) in [7, 11) is 0. The molecule has 0 spiro atoms. The third kappa shape index (κ3) is 15.1. The van der Waals surface area contributed by atoms with Crippen LogP contribution < -0.4 is 14.7 Å². The maximum absolute atomic E-state index is 6.34. The summed E-state index contributed by atoms with van der Waals surface area (Å²) in [6.07, 6.45) is 0. The fraction of sp³-hybridized carbons (Fsp3) is 0.0222. The normalized spacial score (nSPS) is 12.0. The lowest BCUT2D eigenvalue weighted by molar-refractivity contribution is 0.660. The van der Waals surface area contributed by atoms with Crippen molar-refractivity contribution < 1.29 is 4.42 Å². The fourth-order valence-electron chi connectivity index (χ4n) is 22.0. The van der Waals surface area contributed by atoms with Gasteiger partial charge in [-0.15, -0.1) is 11.3 Å². The van der Waals surface area contributed by atoms with E-state index in [1.165, 1.54) is 164 Å². The lowest BCUT2D eigenvalue weighted by Gasteiger charge is -2.28. The van der Waals surface area contributed by atoms with Crippen molar-refractivity contribution in [2.45, 2.75) is 19.3 Å². The molecule has 27 aromatic rings. The van der Waals surface area contributed by atoms with Crippen LogP contribution in [0.25, 0.3) is 180 Å². The van der Waals surface area contributed by atoms with Crippen molar-refractivity contribution in [1.82, 2.24) is 13.7 Å². The van der Waals surface area contributed by atoms with Crippen molar-refractivity contribution >= 4 is 170 Å². The lowest BCUT2D eigenvalue weighted by atomic mass is 9.82. The fourth-order valence-corrected chi connectivity index (χ4v) is 23.3. The average molecular weight is 1850 g/mol. The smallest absolute Gasteiger partial charge is 0.137 e. The van der Waals surface area contributed by atoms with Gasteiger partial charge in [0, 0.05) is 137 Å². The van der Waals surface area contributed by atoms with Gasteiger partial charge < -0.3 is 32.8 Å². The topological polar surface area (TPSA) is 37.6 Å². The van der Waals surface area contributed by atoms with Gasteiger partial charge in [-0.1, -0.05) is 347 Å². The molecule has 0 saturated heterocycles. The Balaban J connectivity index is 0.000000110. The summed E-state index contributed by atoms with van der Waals surface area (Å²) in [5.74, 6) is 0. The molecule has 0 bridgehead atoms. The predicted molar refractivity (Wildman–Crippen MR) is 606 cm³/mol. The first kappa shape index (κ1) is 85.1. The lowest BCUT2D eigenvalue weighted by Crippen LogP contribution is -2.16. The van der Waals surface area contributed by atoms with Gasteiger partial charge in [-0.25, -0.2) is 0 Å². The van der Waals surface area contributed by atoms with Crippen molar-refractivity contribution in [1.29, 1.82) is 0 Å². The van der Waals surface area contributed by atoms with E-state index in [1.54, 1.807) is 0 Å². The molecule has 8 heteroatoms. The van der Waals surface area contributed by atoms with E-state index in [-0.39, 0.29) is 5.41 Å². The number of para-hydroxylation sites is 8. The molecule has 676 valence electrons. The molecule has 5 aromatic heterocycles. The number of thiophene rings is 1. The first-order valence-corrected chi connectivity index (χ1v) is 49.8. The number of rotatable bonds is 16. The minimum Gasteiger partial charge on any atom is -0.456 e. The second-order valence-corrected chi connectivity index (χ2v) is 38.4. The standard InChI is InChI=1S/C48H32N2O.C45H34N2.C42H28N2S/c1-3-11-33(12-4-1)34-19-24-38(25-20-34)49(40-28-29-43-42-16-8-10-18-47(42)51-48(43)32-40)39-26-21-35(22-27-39)36-23-30-46-44(31-36)41-15-7-9-17-45(41)50(46)37-13-5-2-6-14-37;1-45(2)41-19-11-9-17-37(41)38-27-25-36(30-42(38)45)46(34-23-21-32(22-24-34)31-13-5-3-6-14-31)35-26-28-44-40(29-35)39-18-10-12-20-43(39)47(44)33-15-7-4-8-16-33;1-3-13-30(14-4-1)43(32-27-25-29(26-28-32)33-19-11-20-35-34-17-8-10-24-40(34)45-42(33)35)38-22-12-23-39-41(38)36-18-7-9-21-37(36)44(39)31-15-5-2-6-16-31/h1-32H;3-30H,1-2H3;1-28H. The van der Waals surface area contributed by atoms with Crippen LogP contribution in [0.5, 0.6) is 0 Å². The highest BCUT2D eigenvalue weighted by atomic mass is 32.1. The summed E-state index contributed by atoms with van der Waals surface area (Å²) < 4.78 is 16.1. The highest BCUT2D eigenvalue weighted by Crippen LogP contribution is 2.53. The van der Waals surface area contributed by atoms with E-state index in [9.17, 15) is 0 Å². The molecule has 0 saturated carbocycles. The van der Waals surface area contributed by atoms with Crippen LogP contribution in [0, 0.1) is 0 Å². The predicted octanol–water partition coefficient (Wildman–Crippen LogP) is 38.0. The van der Waals surface area contributed by atoms with E-state index in [0.29, 0.717) is 0 Å². The molecule has 0 amide bonds. The molecule has 5 heterocycles. The van der Waals surface area contributed by atoms with Crippen molar-refractivity contribution in [2.75, 3.05) is 14.7 Å². The largest absolute Gasteiger partial charge is 0.456 e. The molecule has 1 aliphatic rings. The maximum atomic E-state index is 6.34. The van der Waals surface area contributed by atoms with E-state index in [2.05, 4.69) is 564 Å². The summed E-state index contributed by atoms with van der Waals surface area (Å²) in [5, 5.41) is 12.4. The quantitative estimate of drug-likeness (QED) is 0.0966. The zero-order valence-corrected chi connectivity index (χ0v) is 79.6. The molecule has 28 rings (SSSR count). The van der Waals surface area contributed by atoms with Crippen molar-refractivity contribution in [2.24, 2.45) is 0 Å². The molecule has 7 nitrogen and oxygen atoms in total. The van der Waals surface area contributed by atoms with Crippen molar-refractivity contribution in [3.63, 3.8) is 0 Å². The van der Waals surface area contributed by atoms with Crippen molar-refractivity contribution in [3.05, 3.63) is 545 Å². The van der Waals surface area contributed by atoms with E-state index < -0.39 is 0 Å². The zero-order chi connectivity index (χ0) is 95.0. The zero-order valence-electron chi connectivity index (χ0n) is 78.8. The Morgan fingerprint density at radius 1 is 0.203 bits per heavy atom.